The maximum absolute atomic E-state index is 5.51. The van der Waals surface area contributed by atoms with E-state index in [2.05, 4.69) is 20.3 Å². The smallest absolute Gasteiger partial charge is 0.324 e. The highest BCUT2D eigenvalue weighted by atomic mass is 16.5. The number of aromatic nitrogens is 3. The van der Waals surface area contributed by atoms with Gasteiger partial charge in [-0.05, 0) is 6.42 Å². The lowest BCUT2D eigenvalue weighted by atomic mass is 10.1. The Labute approximate surface area is 99.5 Å². The van der Waals surface area contributed by atoms with Crippen LogP contribution in [0.15, 0.2) is 0 Å². The van der Waals surface area contributed by atoms with Crippen molar-refractivity contribution in [1.29, 1.82) is 0 Å². The molecule has 1 saturated heterocycles. The second-order valence-corrected chi connectivity index (χ2v) is 3.72. The molecule has 17 heavy (non-hydrogen) atoms. The first-order chi connectivity index (χ1) is 8.31. The number of ether oxygens (including phenoxy) is 3. The Morgan fingerprint density at radius 3 is 2.82 bits per heavy atom. The molecule has 1 aromatic heterocycles. The fourth-order valence-electron chi connectivity index (χ4n) is 1.51. The molecular formula is C10H16N4O3. The summed E-state index contributed by atoms with van der Waals surface area (Å²) in [6.07, 6.45) is 1.01. The average molecular weight is 240 g/mol. The van der Waals surface area contributed by atoms with Gasteiger partial charge in [0.25, 0.3) is 0 Å². The molecule has 1 unspecified atom stereocenters. The molecule has 0 bridgehead atoms. The van der Waals surface area contributed by atoms with Crippen LogP contribution >= 0.6 is 0 Å². The van der Waals surface area contributed by atoms with Gasteiger partial charge in [-0.15, -0.1) is 4.98 Å². The van der Waals surface area contributed by atoms with E-state index in [9.17, 15) is 0 Å². The zero-order valence-corrected chi connectivity index (χ0v) is 9.97. The van der Waals surface area contributed by atoms with Crippen molar-refractivity contribution in [1.82, 2.24) is 15.0 Å². The lowest BCUT2D eigenvalue weighted by molar-refractivity contribution is 0.163. The van der Waals surface area contributed by atoms with Gasteiger partial charge >= 0.3 is 12.0 Å². The zero-order chi connectivity index (χ0) is 12.1. The molecule has 1 aromatic rings. The third kappa shape index (κ3) is 3.16. The van der Waals surface area contributed by atoms with Gasteiger partial charge < -0.3 is 19.5 Å². The Kier molecular flexibility index (Phi) is 3.92. The van der Waals surface area contributed by atoms with Gasteiger partial charge in [-0.3, -0.25) is 0 Å². The van der Waals surface area contributed by atoms with Crippen LogP contribution in [0.25, 0.3) is 0 Å². The van der Waals surface area contributed by atoms with Gasteiger partial charge in [-0.25, -0.2) is 0 Å². The van der Waals surface area contributed by atoms with Gasteiger partial charge in [-0.1, -0.05) is 0 Å². The molecule has 7 heteroatoms. The van der Waals surface area contributed by atoms with E-state index in [1.54, 1.807) is 7.05 Å². The van der Waals surface area contributed by atoms with Crippen LogP contribution in [0.1, 0.15) is 6.42 Å². The third-order valence-corrected chi connectivity index (χ3v) is 2.47. The number of nitrogens with one attached hydrogen (secondary N) is 1. The van der Waals surface area contributed by atoms with Crippen LogP contribution in [-0.2, 0) is 4.74 Å². The van der Waals surface area contributed by atoms with Crippen LogP contribution < -0.4 is 14.8 Å². The average Bonchev–Trinajstić information content (AvgIpc) is 2.89. The fraction of sp³-hybridized carbons (Fsp3) is 0.700. The Balaban J connectivity index is 1.98. The molecule has 2 rings (SSSR count). The van der Waals surface area contributed by atoms with Crippen molar-refractivity contribution in [3.63, 3.8) is 0 Å². The van der Waals surface area contributed by atoms with E-state index in [1.807, 2.05) is 0 Å². The fourth-order valence-corrected chi connectivity index (χ4v) is 1.51. The number of anilines is 1. The summed E-state index contributed by atoms with van der Waals surface area (Å²) < 4.78 is 15.7. The maximum Gasteiger partial charge on any atom is 0.324 e. The molecule has 0 aliphatic carbocycles. The van der Waals surface area contributed by atoms with Gasteiger partial charge in [0.05, 0.1) is 20.3 Å². The lowest BCUT2D eigenvalue weighted by Crippen LogP contribution is -2.14. The van der Waals surface area contributed by atoms with Crippen LogP contribution in [-0.4, -0.2) is 48.9 Å². The quantitative estimate of drug-likeness (QED) is 0.794. The topological polar surface area (TPSA) is 78.4 Å². The van der Waals surface area contributed by atoms with Crippen LogP contribution in [0.4, 0.5) is 5.95 Å². The summed E-state index contributed by atoms with van der Waals surface area (Å²) in [6.45, 7) is 2.09. The zero-order valence-electron chi connectivity index (χ0n) is 9.97. The second kappa shape index (κ2) is 5.62. The molecule has 0 aromatic carbocycles. The van der Waals surface area contributed by atoms with Crippen LogP contribution in [0, 0.1) is 5.92 Å². The van der Waals surface area contributed by atoms with Crippen molar-refractivity contribution in [2.75, 3.05) is 39.3 Å². The maximum atomic E-state index is 5.51. The van der Waals surface area contributed by atoms with Crippen molar-refractivity contribution < 1.29 is 14.2 Å². The van der Waals surface area contributed by atoms with E-state index in [0.717, 1.165) is 19.6 Å². The minimum absolute atomic E-state index is 0.238. The van der Waals surface area contributed by atoms with Crippen molar-refractivity contribution in [2.45, 2.75) is 6.42 Å². The largest absolute Gasteiger partial charge is 0.467 e. The summed E-state index contributed by atoms with van der Waals surface area (Å²) in [5.41, 5.74) is 0. The molecule has 0 spiro atoms. The number of hydrogen-bond donors (Lipinski definition) is 1. The molecule has 1 N–H and O–H groups in total. The lowest BCUT2D eigenvalue weighted by Gasteiger charge is -2.09. The molecule has 0 radical (unpaired) electrons. The molecule has 1 aliphatic heterocycles. The van der Waals surface area contributed by atoms with Crippen molar-refractivity contribution in [3.8, 4) is 12.0 Å². The highest BCUT2D eigenvalue weighted by Gasteiger charge is 2.17. The summed E-state index contributed by atoms with van der Waals surface area (Å²) in [5, 5.41) is 2.82. The van der Waals surface area contributed by atoms with Gasteiger partial charge in [0.2, 0.25) is 5.95 Å². The van der Waals surface area contributed by atoms with Crippen LogP contribution in [0.3, 0.4) is 0 Å². The number of nitrogens with zero attached hydrogens (tertiary/aromatic N) is 3. The highest BCUT2D eigenvalue weighted by Crippen LogP contribution is 2.16. The number of methoxy groups -OCH3 is 1. The summed E-state index contributed by atoms with van der Waals surface area (Å²) in [5.74, 6) is 0.838. The van der Waals surface area contributed by atoms with E-state index in [0.29, 0.717) is 18.5 Å². The Morgan fingerprint density at radius 2 is 2.18 bits per heavy atom. The van der Waals surface area contributed by atoms with Crippen molar-refractivity contribution in [2.24, 2.45) is 5.92 Å². The normalized spacial score (nSPS) is 19.1. The summed E-state index contributed by atoms with van der Waals surface area (Å²) in [7, 11) is 3.23. The van der Waals surface area contributed by atoms with E-state index in [-0.39, 0.29) is 12.0 Å². The standard InChI is InChI=1S/C10H16N4O3/c1-11-8-12-9(15-2)14-10(13-8)17-6-7-3-4-16-5-7/h7H,3-6H2,1-2H3,(H,11,12,13,14). The van der Waals surface area contributed by atoms with E-state index in [1.165, 1.54) is 7.11 Å². The SMILES string of the molecule is CNc1nc(OC)nc(OCC2CCOC2)n1. The van der Waals surface area contributed by atoms with E-state index < -0.39 is 0 Å². The van der Waals surface area contributed by atoms with Gasteiger partial charge in [-0.2, -0.15) is 9.97 Å². The molecular weight excluding hydrogens is 224 g/mol. The number of rotatable bonds is 5. The van der Waals surface area contributed by atoms with Gasteiger partial charge in [0.15, 0.2) is 0 Å². The molecule has 2 heterocycles. The third-order valence-electron chi connectivity index (χ3n) is 2.47. The second-order valence-electron chi connectivity index (χ2n) is 3.72. The Morgan fingerprint density at radius 1 is 1.35 bits per heavy atom. The first-order valence-corrected chi connectivity index (χ1v) is 5.50. The predicted molar refractivity (Wildman–Crippen MR) is 60.3 cm³/mol. The van der Waals surface area contributed by atoms with Crippen LogP contribution in [0.2, 0.25) is 0 Å². The Hall–Kier alpha value is -1.63. The molecule has 1 aliphatic rings. The monoisotopic (exact) mass is 240 g/mol. The first kappa shape index (κ1) is 11.8. The Bertz CT molecular complexity index is 346. The minimum atomic E-state index is 0.238. The van der Waals surface area contributed by atoms with E-state index in [4.69, 9.17) is 14.2 Å². The summed E-state index contributed by atoms with van der Waals surface area (Å²) in [4.78, 5) is 12.1. The van der Waals surface area contributed by atoms with Crippen molar-refractivity contribution >= 4 is 5.95 Å². The molecule has 0 amide bonds. The number of hydrogen-bond acceptors (Lipinski definition) is 7. The molecule has 1 fully saturated rings. The molecule has 94 valence electrons. The highest BCUT2D eigenvalue weighted by molar-refractivity contribution is 5.26. The van der Waals surface area contributed by atoms with E-state index >= 15 is 0 Å². The first-order valence-electron chi connectivity index (χ1n) is 5.50. The van der Waals surface area contributed by atoms with Gasteiger partial charge in [0, 0.05) is 19.6 Å². The molecule has 7 nitrogen and oxygen atoms in total. The van der Waals surface area contributed by atoms with Crippen molar-refractivity contribution in [3.05, 3.63) is 0 Å². The van der Waals surface area contributed by atoms with Crippen LogP contribution in [0.5, 0.6) is 12.0 Å². The predicted octanol–water partition coefficient (Wildman–Crippen LogP) is 0.337. The molecule has 0 saturated carbocycles. The summed E-state index contributed by atoms with van der Waals surface area (Å²) in [6, 6.07) is 0.509. The minimum Gasteiger partial charge on any atom is -0.467 e. The molecule has 1 atom stereocenters. The van der Waals surface area contributed by atoms with Gasteiger partial charge in [0.1, 0.15) is 0 Å². The summed E-state index contributed by atoms with van der Waals surface area (Å²) >= 11 is 0.